The highest BCUT2D eigenvalue weighted by atomic mass is 16.6. The van der Waals surface area contributed by atoms with E-state index in [2.05, 4.69) is 15.5 Å². The number of para-hydroxylation sites is 2. The van der Waals surface area contributed by atoms with Gasteiger partial charge in [0.25, 0.3) is 5.91 Å². The maximum Gasteiger partial charge on any atom is 0.284 e. The molecule has 3 rings (SSSR count). The number of benzene rings is 1. The van der Waals surface area contributed by atoms with Crippen molar-refractivity contribution >= 4 is 12.1 Å². The van der Waals surface area contributed by atoms with Crippen LogP contribution in [0.25, 0.3) is 0 Å². The van der Waals surface area contributed by atoms with Crippen molar-refractivity contribution in [2.24, 2.45) is 5.10 Å². The number of aromatic nitrogens is 1. The summed E-state index contributed by atoms with van der Waals surface area (Å²) in [5.41, 5.74) is 3.22. The largest absolute Gasteiger partial charge is 0.485 e. The van der Waals surface area contributed by atoms with Gasteiger partial charge in [-0.05, 0) is 18.2 Å². The predicted octanol–water partition coefficient (Wildman–Crippen LogP) is 1.37. The third kappa shape index (κ3) is 3.17. The normalized spacial score (nSPS) is 16.7. The molecule has 0 aliphatic carbocycles. The highest BCUT2D eigenvalue weighted by Gasteiger charge is 2.26. The van der Waals surface area contributed by atoms with Crippen LogP contribution in [0, 0.1) is 0 Å². The Hall–Kier alpha value is -2.89. The monoisotopic (exact) mass is 283 g/mol. The van der Waals surface area contributed by atoms with E-state index < -0.39 is 6.10 Å². The summed E-state index contributed by atoms with van der Waals surface area (Å²) in [5.74, 6) is 0.838. The first kappa shape index (κ1) is 13.1. The zero-order valence-corrected chi connectivity index (χ0v) is 11.1. The van der Waals surface area contributed by atoms with Crippen molar-refractivity contribution in [2.45, 2.75) is 6.10 Å². The molecule has 21 heavy (non-hydrogen) atoms. The van der Waals surface area contributed by atoms with E-state index in [4.69, 9.17) is 9.47 Å². The molecule has 6 nitrogen and oxygen atoms in total. The smallest absolute Gasteiger partial charge is 0.284 e. The summed E-state index contributed by atoms with van der Waals surface area (Å²) >= 11 is 0. The Morgan fingerprint density at radius 1 is 1.29 bits per heavy atom. The zero-order valence-electron chi connectivity index (χ0n) is 11.1. The highest BCUT2D eigenvalue weighted by molar-refractivity contribution is 5.84. The fraction of sp³-hybridized carbons (Fsp3) is 0.133. The van der Waals surface area contributed by atoms with E-state index in [0.29, 0.717) is 11.5 Å². The Balaban J connectivity index is 1.59. The van der Waals surface area contributed by atoms with Crippen LogP contribution in [0.4, 0.5) is 0 Å². The van der Waals surface area contributed by atoms with Gasteiger partial charge in [0.1, 0.15) is 6.61 Å². The summed E-state index contributed by atoms with van der Waals surface area (Å²) in [6, 6.07) is 10.8. The average molecular weight is 283 g/mol. The van der Waals surface area contributed by atoms with E-state index >= 15 is 0 Å². The number of carbonyl (C=O) groups excluding carboxylic acids is 1. The van der Waals surface area contributed by atoms with Gasteiger partial charge in [0.2, 0.25) is 6.10 Å². The van der Waals surface area contributed by atoms with Crippen LogP contribution in [0.5, 0.6) is 11.5 Å². The van der Waals surface area contributed by atoms with Crippen molar-refractivity contribution in [1.29, 1.82) is 0 Å². The van der Waals surface area contributed by atoms with Crippen LogP contribution < -0.4 is 14.9 Å². The molecule has 106 valence electrons. The van der Waals surface area contributed by atoms with Crippen molar-refractivity contribution in [3.05, 3.63) is 54.4 Å². The molecule has 1 aliphatic heterocycles. The maximum absolute atomic E-state index is 12.0. The van der Waals surface area contributed by atoms with Crippen molar-refractivity contribution in [1.82, 2.24) is 10.4 Å². The molecule has 0 spiro atoms. The second-order valence-electron chi connectivity index (χ2n) is 4.38. The molecular weight excluding hydrogens is 270 g/mol. The topological polar surface area (TPSA) is 72.8 Å². The van der Waals surface area contributed by atoms with Crippen LogP contribution in [0.2, 0.25) is 0 Å². The minimum atomic E-state index is -0.717. The standard InChI is InChI=1S/C15H13N3O3/c19-15(18-17-9-11-4-3-7-16-8-11)14-10-20-12-5-1-2-6-13(12)21-14/h1-9,14H,10H2,(H,18,19)/t14-/m1/s1. The van der Waals surface area contributed by atoms with Crippen molar-refractivity contribution < 1.29 is 14.3 Å². The molecule has 1 aromatic heterocycles. The molecule has 1 atom stereocenters. The lowest BCUT2D eigenvalue weighted by atomic mass is 10.2. The van der Waals surface area contributed by atoms with Gasteiger partial charge in [0.05, 0.1) is 6.21 Å². The van der Waals surface area contributed by atoms with Gasteiger partial charge in [-0.25, -0.2) is 5.43 Å². The second-order valence-corrected chi connectivity index (χ2v) is 4.38. The van der Waals surface area contributed by atoms with Crippen LogP contribution in [-0.2, 0) is 4.79 Å². The number of amides is 1. The summed E-state index contributed by atoms with van der Waals surface area (Å²) in [6.07, 6.45) is 4.11. The van der Waals surface area contributed by atoms with Gasteiger partial charge in [0.15, 0.2) is 11.5 Å². The lowest BCUT2D eigenvalue weighted by Gasteiger charge is -2.24. The van der Waals surface area contributed by atoms with E-state index in [1.807, 2.05) is 18.2 Å². The Kier molecular flexibility index (Phi) is 3.77. The van der Waals surface area contributed by atoms with E-state index in [1.165, 1.54) is 6.21 Å². The summed E-state index contributed by atoms with van der Waals surface area (Å²) in [5, 5.41) is 3.87. The number of ether oxygens (including phenoxy) is 2. The van der Waals surface area contributed by atoms with Crippen molar-refractivity contribution in [3.8, 4) is 11.5 Å². The van der Waals surface area contributed by atoms with Gasteiger partial charge in [-0.3, -0.25) is 9.78 Å². The van der Waals surface area contributed by atoms with Gasteiger partial charge in [-0.1, -0.05) is 18.2 Å². The Morgan fingerprint density at radius 2 is 2.14 bits per heavy atom. The Labute approximate surface area is 121 Å². The molecule has 0 radical (unpaired) electrons. The molecule has 0 fully saturated rings. The van der Waals surface area contributed by atoms with Gasteiger partial charge in [-0.2, -0.15) is 5.10 Å². The molecule has 0 bridgehead atoms. The molecule has 1 N–H and O–H groups in total. The molecule has 2 heterocycles. The lowest BCUT2D eigenvalue weighted by molar-refractivity contribution is -0.130. The maximum atomic E-state index is 12.0. The molecule has 1 amide bonds. The quantitative estimate of drug-likeness (QED) is 0.682. The third-order valence-electron chi connectivity index (χ3n) is 2.87. The van der Waals surface area contributed by atoms with E-state index in [0.717, 1.165) is 5.56 Å². The molecule has 2 aromatic rings. The molecule has 1 aliphatic rings. The first-order valence-corrected chi connectivity index (χ1v) is 6.44. The summed E-state index contributed by atoms with van der Waals surface area (Å²) in [4.78, 5) is 15.9. The first-order valence-electron chi connectivity index (χ1n) is 6.44. The first-order chi connectivity index (χ1) is 10.3. The van der Waals surface area contributed by atoms with Gasteiger partial charge >= 0.3 is 0 Å². The fourth-order valence-electron chi connectivity index (χ4n) is 1.84. The molecule has 6 heteroatoms. The van der Waals surface area contributed by atoms with E-state index in [9.17, 15) is 4.79 Å². The van der Waals surface area contributed by atoms with Crippen LogP contribution in [-0.4, -0.2) is 29.8 Å². The highest BCUT2D eigenvalue weighted by Crippen LogP contribution is 2.30. The minimum Gasteiger partial charge on any atom is -0.485 e. The lowest BCUT2D eigenvalue weighted by Crippen LogP contribution is -2.42. The molecular formula is C15H13N3O3. The number of fused-ring (bicyclic) bond motifs is 1. The Bertz CT molecular complexity index is 658. The van der Waals surface area contributed by atoms with Crippen molar-refractivity contribution in [3.63, 3.8) is 0 Å². The zero-order chi connectivity index (χ0) is 14.5. The number of pyridine rings is 1. The number of nitrogens with one attached hydrogen (secondary N) is 1. The van der Waals surface area contributed by atoms with Gasteiger partial charge < -0.3 is 9.47 Å². The van der Waals surface area contributed by atoms with Gasteiger partial charge in [0, 0.05) is 18.0 Å². The molecule has 0 saturated heterocycles. The summed E-state index contributed by atoms with van der Waals surface area (Å²) in [7, 11) is 0. The van der Waals surface area contributed by atoms with Crippen LogP contribution in [0.1, 0.15) is 5.56 Å². The number of carbonyl (C=O) groups is 1. The number of rotatable bonds is 3. The van der Waals surface area contributed by atoms with E-state index in [1.54, 1.807) is 30.6 Å². The number of hydrogen-bond donors (Lipinski definition) is 1. The third-order valence-corrected chi connectivity index (χ3v) is 2.87. The number of hydrogen-bond acceptors (Lipinski definition) is 5. The second kappa shape index (κ2) is 6.04. The van der Waals surface area contributed by atoms with Crippen molar-refractivity contribution in [2.75, 3.05) is 6.61 Å². The molecule has 0 saturated carbocycles. The minimum absolute atomic E-state index is 0.158. The molecule has 0 unspecified atom stereocenters. The van der Waals surface area contributed by atoms with Crippen LogP contribution >= 0.6 is 0 Å². The number of hydrazone groups is 1. The Morgan fingerprint density at radius 3 is 2.95 bits per heavy atom. The van der Waals surface area contributed by atoms with Gasteiger partial charge in [-0.15, -0.1) is 0 Å². The van der Waals surface area contributed by atoms with E-state index in [-0.39, 0.29) is 12.5 Å². The average Bonchev–Trinajstić information content (AvgIpc) is 2.55. The molecule has 1 aromatic carbocycles. The predicted molar refractivity (Wildman–Crippen MR) is 76.3 cm³/mol. The van der Waals surface area contributed by atoms with Crippen LogP contribution in [0.15, 0.2) is 53.9 Å². The summed E-state index contributed by atoms with van der Waals surface area (Å²) < 4.78 is 11.0. The SMILES string of the molecule is O=C(NN=Cc1cccnc1)[C@H]1COc2ccccc2O1. The summed E-state index contributed by atoms with van der Waals surface area (Å²) in [6.45, 7) is 0.158. The fourth-order valence-corrected chi connectivity index (χ4v) is 1.84. The number of nitrogens with zero attached hydrogens (tertiary/aromatic N) is 2. The van der Waals surface area contributed by atoms with Crippen LogP contribution in [0.3, 0.4) is 0 Å².